The van der Waals surface area contributed by atoms with E-state index in [0.29, 0.717) is 0 Å². The first-order chi connectivity index (χ1) is 7.11. The Labute approximate surface area is 90.5 Å². The Hall–Kier alpha value is -1.12. The molecule has 2 heterocycles. The summed E-state index contributed by atoms with van der Waals surface area (Å²) in [5.41, 5.74) is 1.89. The number of aromatic nitrogens is 2. The average Bonchev–Trinajstić information content (AvgIpc) is 2.56. The summed E-state index contributed by atoms with van der Waals surface area (Å²) in [6.07, 6.45) is 3.40. The molecule has 82 valence electrons. The number of Topliss-reactive ketones (excluding diaryl/α,β-unsaturated/α-hetero) is 1. The molecule has 0 fully saturated rings. The zero-order chi connectivity index (χ0) is 11.0. The van der Waals surface area contributed by atoms with Crippen molar-refractivity contribution in [1.82, 2.24) is 9.55 Å². The van der Waals surface area contributed by atoms with Crippen LogP contribution in [0.5, 0.6) is 0 Å². The van der Waals surface area contributed by atoms with Crippen molar-refractivity contribution in [3.63, 3.8) is 0 Å². The molecular weight excluding hydrogens is 188 g/mol. The van der Waals surface area contributed by atoms with E-state index >= 15 is 0 Å². The highest BCUT2D eigenvalue weighted by Gasteiger charge is 2.23. The maximum atomic E-state index is 12.0. The monoisotopic (exact) mass is 206 g/mol. The molecule has 1 aromatic rings. The second-order valence-corrected chi connectivity index (χ2v) is 4.58. The van der Waals surface area contributed by atoms with Gasteiger partial charge >= 0.3 is 0 Å². The molecule has 15 heavy (non-hydrogen) atoms. The summed E-state index contributed by atoms with van der Waals surface area (Å²) in [5, 5.41) is 0. The third kappa shape index (κ3) is 1.71. The third-order valence-corrected chi connectivity index (χ3v) is 3.07. The number of imidazole rings is 1. The normalized spacial score (nSPS) is 15.5. The van der Waals surface area contributed by atoms with Gasteiger partial charge in [0.05, 0.1) is 0 Å². The van der Waals surface area contributed by atoms with E-state index in [1.807, 2.05) is 20.8 Å². The van der Waals surface area contributed by atoms with Crippen LogP contribution in [-0.4, -0.2) is 15.3 Å². The van der Waals surface area contributed by atoms with E-state index in [-0.39, 0.29) is 11.7 Å². The highest BCUT2D eigenvalue weighted by Crippen LogP contribution is 2.22. The zero-order valence-electron chi connectivity index (χ0n) is 9.71. The first-order valence-corrected chi connectivity index (χ1v) is 5.71. The minimum atomic E-state index is 0.0472. The second-order valence-electron chi connectivity index (χ2n) is 4.58. The van der Waals surface area contributed by atoms with Crippen LogP contribution in [0.4, 0.5) is 0 Å². The fraction of sp³-hybridized carbons (Fsp3) is 0.667. The number of ketones is 1. The van der Waals surface area contributed by atoms with Crippen molar-refractivity contribution in [2.75, 3.05) is 0 Å². The molecule has 0 aromatic carbocycles. The topological polar surface area (TPSA) is 34.9 Å². The van der Waals surface area contributed by atoms with Gasteiger partial charge in [-0.15, -0.1) is 0 Å². The van der Waals surface area contributed by atoms with Crippen molar-refractivity contribution < 1.29 is 4.79 Å². The molecule has 1 aliphatic rings. The van der Waals surface area contributed by atoms with Crippen molar-refractivity contribution in [3.05, 3.63) is 17.2 Å². The molecule has 0 saturated carbocycles. The van der Waals surface area contributed by atoms with Crippen LogP contribution in [-0.2, 0) is 13.0 Å². The molecule has 0 unspecified atom stereocenters. The maximum absolute atomic E-state index is 12.0. The van der Waals surface area contributed by atoms with E-state index in [0.717, 1.165) is 30.2 Å². The van der Waals surface area contributed by atoms with Gasteiger partial charge in [-0.25, -0.2) is 4.98 Å². The van der Waals surface area contributed by atoms with Gasteiger partial charge in [0.1, 0.15) is 11.5 Å². The number of hydrogen-bond acceptors (Lipinski definition) is 2. The summed E-state index contributed by atoms with van der Waals surface area (Å²) >= 11 is 0. The molecule has 0 radical (unpaired) electrons. The summed E-state index contributed by atoms with van der Waals surface area (Å²) in [6, 6.07) is 0. The van der Waals surface area contributed by atoms with Crippen LogP contribution in [0, 0.1) is 12.8 Å². The first-order valence-electron chi connectivity index (χ1n) is 5.71. The number of carbonyl (C=O) groups is 1. The molecule has 2 rings (SSSR count). The number of fused-ring (bicyclic) bond motifs is 1. The third-order valence-electron chi connectivity index (χ3n) is 3.07. The molecule has 0 saturated heterocycles. The largest absolute Gasteiger partial charge is 0.332 e. The minimum Gasteiger partial charge on any atom is -0.332 e. The van der Waals surface area contributed by atoms with Crippen molar-refractivity contribution in [3.8, 4) is 0 Å². The molecule has 0 amide bonds. The molecule has 3 heteroatoms. The predicted octanol–water partition coefficient (Wildman–Crippen LogP) is 2.37. The van der Waals surface area contributed by atoms with Gasteiger partial charge in [-0.1, -0.05) is 13.8 Å². The second kappa shape index (κ2) is 3.80. The van der Waals surface area contributed by atoms with Gasteiger partial charge in [-0.3, -0.25) is 4.79 Å². The fourth-order valence-corrected chi connectivity index (χ4v) is 2.19. The Morgan fingerprint density at radius 2 is 2.13 bits per heavy atom. The summed E-state index contributed by atoms with van der Waals surface area (Å²) in [7, 11) is 0. The van der Waals surface area contributed by atoms with Crippen LogP contribution in [0.3, 0.4) is 0 Å². The van der Waals surface area contributed by atoms with Crippen LogP contribution in [0.1, 0.15) is 48.7 Å². The molecule has 0 spiro atoms. The highest BCUT2D eigenvalue weighted by atomic mass is 16.1. The quantitative estimate of drug-likeness (QED) is 0.696. The predicted molar refractivity (Wildman–Crippen MR) is 59.1 cm³/mol. The number of carbonyl (C=O) groups excluding carboxylic acids is 1. The van der Waals surface area contributed by atoms with E-state index in [1.54, 1.807) is 0 Å². The lowest BCUT2D eigenvalue weighted by Gasteiger charge is -2.16. The molecular formula is C12H18N2O. The SMILES string of the molecule is Cc1nc(C(=O)C(C)C)c2n1CCCC2. The van der Waals surface area contributed by atoms with Gasteiger partial charge < -0.3 is 4.57 Å². The van der Waals surface area contributed by atoms with E-state index in [4.69, 9.17) is 0 Å². The molecule has 0 aliphatic carbocycles. The smallest absolute Gasteiger partial charge is 0.185 e. The summed E-state index contributed by atoms with van der Waals surface area (Å²) in [5.74, 6) is 1.23. The van der Waals surface area contributed by atoms with Gasteiger partial charge in [0.15, 0.2) is 5.78 Å². The lowest BCUT2D eigenvalue weighted by atomic mass is 10.0. The Bertz CT molecular complexity index is 391. The average molecular weight is 206 g/mol. The van der Waals surface area contributed by atoms with E-state index in [2.05, 4.69) is 9.55 Å². The number of aryl methyl sites for hydroxylation is 1. The van der Waals surface area contributed by atoms with E-state index in [9.17, 15) is 4.79 Å². The molecule has 0 atom stereocenters. The first kappa shape index (κ1) is 10.4. The molecule has 0 bridgehead atoms. The standard InChI is InChI=1S/C12H18N2O/c1-8(2)12(15)11-10-6-4-5-7-14(10)9(3)13-11/h8H,4-7H2,1-3H3. The molecule has 1 aliphatic heterocycles. The van der Waals surface area contributed by atoms with Crippen LogP contribution in [0.15, 0.2) is 0 Å². The summed E-state index contributed by atoms with van der Waals surface area (Å²) < 4.78 is 2.21. The maximum Gasteiger partial charge on any atom is 0.185 e. The van der Waals surface area contributed by atoms with Crippen LogP contribution < -0.4 is 0 Å². The molecule has 0 N–H and O–H groups in total. The van der Waals surface area contributed by atoms with Crippen molar-refractivity contribution >= 4 is 5.78 Å². The Kier molecular flexibility index (Phi) is 2.63. The van der Waals surface area contributed by atoms with Gasteiger partial charge in [0.2, 0.25) is 0 Å². The summed E-state index contributed by atoms with van der Waals surface area (Å²) in [6.45, 7) is 6.89. The van der Waals surface area contributed by atoms with Crippen molar-refractivity contribution in [1.29, 1.82) is 0 Å². The minimum absolute atomic E-state index is 0.0472. The van der Waals surface area contributed by atoms with Gasteiger partial charge in [-0.05, 0) is 26.2 Å². The number of hydrogen-bond donors (Lipinski definition) is 0. The molecule has 3 nitrogen and oxygen atoms in total. The number of rotatable bonds is 2. The van der Waals surface area contributed by atoms with Gasteiger partial charge in [0.25, 0.3) is 0 Å². The molecule has 1 aromatic heterocycles. The van der Waals surface area contributed by atoms with Crippen LogP contribution >= 0.6 is 0 Å². The van der Waals surface area contributed by atoms with Gasteiger partial charge in [-0.2, -0.15) is 0 Å². The van der Waals surface area contributed by atoms with Crippen molar-refractivity contribution in [2.45, 2.75) is 46.6 Å². The Morgan fingerprint density at radius 1 is 1.40 bits per heavy atom. The van der Waals surface area contributed by atoms with Crippen molar-refractivity contribution in [2.24, 2.45) is 5.92 Å². The Balaban J connectivity index is 2.44. The zero-order valence-corrected chi connectivity index (χ0v) is 9.71. The Morgan fingerprint density at radius 3 is 2.80 bits per heavy atom. The van der Waals surface area contributed by atoms with Gasteiger partial charge in [0, 0.05) is 18.2 Å². The number of nitrogens with zero attached hydrogens (tertiary/aromatic N) is 2. The highest BCUT2D eigenvalue weighted by molar-refractivity contribution is 5.96. The van der Waals surface area contributed by atoms with Crippen LogP contribution in [0.25, 0.3) is 0 Å². The summed E-state index contributed by atoms with van der Waals surface area (Å²) in [4.78, 5) is 16.4. The van der Waals surface area contributed by atoms with E-state index < -0.39 is 0 Å². The lowest BCUT2D eigenvalue weighted by Crippen LogP contribution is -2.15. The van der Waals surface area contributed by atoms with E-state index in [1.165, 1.54) is 12.8 Å². The van der Waals surface area contributed by atoms with Crippen LogP contribution in [0.2, 0.25) is 0 Å². The lowest BCUT2D eigenvalue weighted by molar-refractivity contribution is 0.0933. The fourth-order valence-electron chi connectivity index (χ4n) is 2.19.